The van der Waals surface area contributed by atoms with Gasteiger partial charge < -0.3 is 8.98 Å². The van der Waals surface area contributed by atoms with Gasteiger partial charge in [-0.2, -0.15) is 0 Å². The van der Waals surface area contributed by atoms with E-state index in [1.165, 1.54) is 60.7 Å². The smallest absolute Gasteiger partial charge is 0.165 e. The van der Waals surface area contributed by atoms with Gasteiger partial charge in [0.2, 0.25) is 0 Å². The molecule has 5 heterocycles. The summed E-state index contributed by atoms with van der Waals surface area (Å²) >= 11 is 0. The minimum atomic E-state index is 0.903. The number of rotatable bonds is 3. The molecular formula is C50H30N4O. The normalized spacial score (nSPS) is 13.2. The highest BCUT2D eigenvalue weighted by atomic mass is 16.3. The van der Waals surface area contributed by atoms with E-state index in [1.54, 1.807) is 0 Å². The van der Waals surface area contributed by atoms with Gasteiger partial charge in [-0.25, -0.2) is 9.97 Å². The molecule has 55 heavy (non-hydrogen) atoms. The predicted molar refractivity (Wildman–Crippen MR) is 227 cm³/mol. The van der Waals surface area contributed by atoms with Crippen LogP contribution in [0.2, 0.25) is 0 Å². The van der Waals surface area contributed by atoms with E-state index in [4.69, 9.17) is 14.4 Å². The van der Waals surface area contributed by atoms with Gasteiger partial charge in [0, 0.05) is 49.3 Å². The average Bonchev–Trinajstić information content (AvgIpc) is 3.98. The third kappa shape index (κ3) is 4.01. The Morgan fingerprint density at radius 1 is 0.509 bits per heavy atom. The molecule has 0 aliphatic heterocycles. The molecule has 5 aromatic heterocycles. The number of allylic oxidation sites excluding steroid dienone is 1. The number of furan rings is 1. The van der Waals surface area contributed by atoms with Crippen LogP contribution in [0.5, 0.6) is 0 Å². The molecule has 0 amide bonds. The molecule has 256 valence electrons. The van der Waals surface area contributed by atoms with E-state index in [0.29, 0.717) is 0 Å². The lowest BCUT2D eigenvalue weighted by Crippen LogP contribution is -2.03. The van der Waals surface area contributed by atoms with E-state index in [2.05, 4.69) is 136 Å². The molecule has 12 aromatic rings. The Hall–Kier alpha value is -7.24. The molecule has 0 saturated carbocycles. The molecule has 0 unspecified atom stereocenters. The van der Waals surface area contributed by atoms with Crippen LogP contribution >= 0.6 is 0 Å². The average molecular weight is 703 g/mol. The van der Waals surface area contributed by atoms with Crippen LogP contribution in [0, 0.1) is 0 Å². The standard InChI is InChI=1S/C50H30N4O/c1-6-17-43-34(12-1)36-22-20-31(30-21-23-47-38(25-30)37-14-3-8-19-46(37)55-47)28-45(36)53(43)33-11-9-10-29(24-33)32-26-39-35-13-2-7-18-44(35)54-49(39)40(27-32)48-50(54)52-42-16-5-4-15-41(42)51-48/h1-5,7-16,18-28H,6,17H2. The molecule has 1 aliphatic carbocycles. The van der Waals surface area contributed by atoms with Crippen LogP contribution in [-0.2, 0) is 6.42 Å². The molecule has 0 N–H and O–H groups in total. The molecule has 0 fully saturated rings. The molecule has 0 radical (unpaired) electrons. The Morgan fingerprint density at radius 3 is 2.20 bits per heavy atom. The first-order valence-corrected chi connectivity index (χ1v) is 19.0. The van der Waals surface area contributed by atoms with Gasteiger partial charge in [0.05, 0.1) is 27.6 Å². The summed E-state index contributed by atoms with van der Waals surface area (Å²) in [7, 11) is 0. The fourth-order valence-corrected chi connectivity index (χ4v) is 9.42. The summed E-state index contributed by atoms with van der Waals surface area (Å²) < 4.78 is 11.0. The molecule has 5 heteroatoms. The number of para-hydroxylation sites is 4. The summed E-state index contributed by atoms with van der Waals surface area (Å²) in [5.41, 5.74) is 17.6. The van der Waals surface area contributed by atoms with Crippen molar-refractivity contribution >= 4 is 88.3 Å². The van der Waals surface area contributed by atoms with Crippen molar-refractivity contribution < 1.29 is 4.42 Å². The van der Waals surface area contributed by atoms with Gasteiger partial charge in [0.25, 0.3) is 0 Å². The molecule has 0 spiro atoms. The minimum absolute atomic E-state index is 0.903. The Kier molecular flexibility index (Phi) is 5.68. The first kappa shape index (κ1) is 29.2. The highest BCUT2D eigenvalue weighted by Crippen LogP contribution is 2.43. The Labute approximate surface area is 314 Å². The molecule has 5 nitrogen and oxygen atoms in total. The maximum Gasteiger partial charge on any atom is 0.165 e. The van der Waals surface area contributed by atoms with Crippen LogP contribution in [0.1, 0.15) is 17.7 Å². The van der Waals surface area contributed by atoms with Crippen molar-refractivity contribution in [3.63, 3.8) is 0 Å². The maximum absolute atomic E-state index is 6.17. The second-order valence-electron chi connectivity index (χ2n) is 14.9. The minimum Gasteiger partial charge on any atom is -0.456 e. The van der Waals surface area contributed by atoms with E-state index in [1.807, 2.05) is 30.3 Å². The number of hydrogen-bond donors (Lipinski definition) is 0. The molecule has 1 aliphatic rings. The van der Waals surface area contributed by atoms with Crippen LogP contribution in [-0.4, -0.2) is 18.9 Å². The summed E-state index contributed by atoms with van der Waals surface area (Å²) in [6.45, 7) is 0. The summed E-state index contributed by atoms with van der Waals surface area (Å²) in [5, 5.41) is 7.14. The van der Waals surface area contributed by atoms with Gasteiger partial charge in [-0.05, 0) is 102 Å². The van der Waals surface area contributed by atoms with Gasteiger partial charge in [-0.1, -0.05) is 91.0 Å². The van der Waals surface area contributed by atoms with Crippen molar-refractivity contribution in [3.8, 4) is 27.9 Å². The van der Waals surface area contributed by atoms with Crippen molar-refractivity contribution in [2.24, 2.45) is 0 Å². The Balaban J connectivity index is 1.02. The number of aromatic nitrogens is 4. The number of hydrogen-bond acceptors (Lipinski definition) is 3. The van der Waals surface area contributed by atoms with Crippen LogP contribution in [0.25, 0.3) is 116 Å². The molecule has 13 rings (SSSR count). The van der Waals surface area contributed by atoms with E-state index >= 15 is 0 Å². The fraction of sp³-hybridized carbons (Fsp3) is 0.0400. The van der Waals surface area contributed by atoms with Crippen LogP contribution in [0.4, 0.5) is 0 Å². The van der Waals surface area contributed by atoms with Crippen LogP contribution in [0.15, 0.2) is 156 Å². The van der Waals surface area contributed by atoms with Crippen LogP contribution in [0.3, 0.4) is 0 Å². The van der Waals surface area contributed by atoms with Crippen molar-refractivity contribution in [1.82, 2.24) is 18.9 Å². The molecule has 0 bridgehead atoms. The lowest BCUT2D eigenvalue weighted by Gasteiger charge is -2.15. The monoisotopic (exact) mass is 702 g/mol. The van der Waals surface area contributed by atoms with E-state index in [0.717, 1.165) is 73.6 Å². The summed E-state index contributed by atoms with van der Waals surface area (Å²) in [5.74, 6) is 0. The third-order valence-electron chi connectivity index (χ3n) is 11.9. The third-order valence-corrected chi connectivity index (χ3v) is 11.9. The van der Waals surface area contributed by atoms with Crippen molar-refractivity contribution in [2.75, 3.05) is 0 Å². The zero-order chi connectivity index (χ0) is 35.8. The van der Waals surface area contributed by atoms with E-state index in [9.17, 15) is 0 Å². The summed E-state index contributed by atoms with van der Waals surface area (Å²) in [6, 6.07) is 52.4. The molecule has 7 aromatic carbocycles. The lowest BCUT2D eigenvalue weighted by molar-refractivity contribution is 0.669. The van der Waals surface area contributed by atoms with Gasteiger partial charge in [0.1, 0.15) is 16.7 Å². The highest BCUT2D eigenvalue weighted by molar-refractivity contribution is 6.23. The van der Waals surface area contributed by atoms with E-state index in [-0.39, 0.29) is 0 Å². The Morgan fingerprint density at radius 2 is 1.25 bits per heavy atom. The molecular weight excluding hydrogens is 673 g/mol. The second kappa shape index (κ2) is 10.7. The first-order chi connectivity index (χ1) is 27.2. The maximum atomic E-state index is 6.17. The SMILES string of the molecule is C1=Cc2c(n(-c3cccc(-c4cc5c6ccccc6n6c7nc8ccccc8nc7c(c4)c56)c3)c3cc(-c4ccc5oc6ccccc6c5c4)ccc23)CC1. The first-order valence-electron chi connectivity index (χ1n) is 19.0. The second-order valence-corrected chi connectivity index (χ2v) is 14.9. The van der Waals surface area contributed by atoms with Gasteiger partial charge in [-0.15, -0.1) is 0 Å². The number of nitrogens with zero attached hydrogens (tertiary/aromatic N) is 4. The lowest BCUT2D eigenvalue weighted by atomic mass is 9.99. The van der Waals surface area contributed by atoms with Gasteiger partial charge in [-0.3, -0.25) is 4.40 Å². The fourth-order valence-electron chi connectivity index (χ4n) is 9.42. The number of fused-ring (bicyclic) bond motifs is 13. The van der Waals surface area contributed by atoms with Crippen molar-refractivity contribution in [3.05, 3.63) is 163 Å². The zero-order valence-electron chi connectivity index (χ0n) is 29.6. The van der Waals surface area contributed by atoms with Crippen molar-refractivity contribution in [2.45, 2.75) is 12.8 Å². The summed E-state index contributed by atoms with van der Waals surface area (Å²) in [6.07, 6.45) is 6.65. The molecule has 0 saturated heterocycles. The van der Waals surface area contributed by atoms with Crippen molar-refractivity contribution in [1.29, 1.82) is 0 Å². The summed E-state index contributed by atoms with van der Waals surface area (Å²) in [4.78, 5) is 10.4. The van der Waals surface area contributed by atoms with E-state index < -0.39 is 0 Å². The predicted octanol–water partition coefficient (Wildman–Crippen LogP) is 12.9. The van der Waals surface area contributed by atoms with Gasteiger partial charge in [0.15, 0.2) is 5.65 Å². The highest BCUT2D eigenvalue weighted by Gasteiger charge is 2.23. The zero-order valence-corrected chi connectivity index (χ0v) is 29.6. The van der Waals surface area contributed by atoms with Gasteiger partial charge >= 0.3 is 0 Å². The largest absolute Gasteiger partial charge is 0.456 e. The topological polar surface area (TPSA) is 48.3 Å². The Bertz CT molecular complexity index is 3620. The van der Waals surface area contributed by atoms with Crippen LogP contribution < -0.4 is 0 Å². The number of benzene rings is 7. The molecule has 0 atom stereocenters. The quantitative estimate of drug-likeness (QED) is 0.184.